The number of carbonyl (C=O) groups excluding carboxylic acids is 2. The molecule has 2 atom stereocenters. The number of rotatable bonds is 5. The summed E-state index contributed by atoms with van der Waals surface area (Å²) >= 11 is 0. The van der Waals surface area contributed by atoms with Gasteiger partial charge in [0.15, 0.2) is 0 Å². The number of imide groups is 1. The van der Waals surface area contributed by atoms with Crippen molar-refractivity contribution in [2.24, 2.45) is 0 Å². The van der Waals surface area contributed by atoms with Crippen molar-refractivity contribution < 1.29 is 28.2 Å². The molecule has 0 unspecified atom stereocenters. The van der Waals surface area contributed by atoms with E-state index in [-0.39, 0.29) is 18.7 Å². The van der Waals surface area contributed by atoms with Crippen molar-refractivity contribution in [2.45, 2.75) is 18.6 Å². The Labute approximate surface area is 149 Å². The Morgan fingerprint density at radius 1 is 1.27 bits per heavy atom. The number of aliphatic hydroxyl groups excluding tert-OH is 1. The molecular formula is C17H21F2N3O4. The van der Waals surface area contributed by atoms with E-state index in [1.54, 1.807) is 0 Å². The molecule has 0 aromatic heterocycles. The maximum absolute atomic E-state index is 14.1. The number of amides is 3. The Bertz CT molecular complexity index is 711. The smallest absolute Gasteiger partial charge is 0.325 e. The van der Waals surface area contributed by atoms with E-state index in [2.05, 4.69) is 5.32 Å². The maximum atomic E-state index is 14.1. The third-order valence-corrected chi connectivity index (χ3v) is 4.71. The molecule has 7 nitrogen and oxygen atoms in total. The fourth-order valence-corrected chi connectivity index (χ4v) is 3.28. The molecule has 9 heteroatoms. The molecule has 142 valence electrons. The predicted molar refractivity (Wildman–Crippen MR) is 87.2 cm³/mol. The third-order valence-electron chi connectivity index (χ3n) is 4.71. The van der Waals surface area contributed by atoms with Crippen LogP contribution in [0, 0.1) is 11.6 Å². The quantitative estimate of drug-likeness (QED) is 0.736. The molecule has 26 heavy (non-hydrogen) atoms. The molecule has 2 fully saturated rings. The van der Waals surface area contributed by atoms with Crippen LogP contribution in [0.4, 0.5) is 13.6 Å². The second kappa shape index (κ2) is 7.26. The van der Waals surface area contributed by atoms with E-state index in [1.165, 1.54) is 6.92 Å². The molecule has 3 amide bonds. The lowest BCUT2D eigenvalue weighted by molar-refractivity contribution is -0.132. The number of hydrogen-bond acceptors (Lipinski definition) is 5. The average molecular weight is 369 g/mol. The summed E-state index contributed by atoms with van der Waals surface area (Å²) in [6, 6.07) is 1.99. The summed E-state index contributed by atoms with van der Waals surface area (Å²) in [4.78, 5) is 27.8. The second-order valence-corrected chi connectivity index (χ2v) is 6.66. The van der Waals surface area contributed by atoms with Crippen molar-refractivity contribution >= 4 is 11.9 Å². The number of nitrogens with zero attached hydrogens (tertiary/aromatic N) is 2. The first-order chi connectivity index (χ1) is 12.3. The van der Waals surface area contributed by atoms with E-state index in [0.717, 1.165) is 23.1 Å². The Morgan fingerprint density at radius 3 is 2.65 bits per heavy atom. The summed E-state index contributed by atoms with van der Waals surface area (Å²) in [5, 5.41) is 12.7. The van der Waals surface area contributed by atoms with Crippen molar-refractivity contribution in [1.82, 2.24) is 15.1 Å². The van der Waals surface area contributed by atoms with Crippen LogP contribution < -0.4 is 5.32 Å². The largest absolute Gasteiger partial charge is 0.390 e. The van der Waals surface area contributed by atoms with Gasteiger partial charge in [0.1, 0.15) is 17.2 Å². The summed E-state index contributed by atoms with van der Waals surface area (Å²) in [7, 11) is 0. The van der Waals surface area contributed by atoms with Crippen LogP contribution in [0.5, 0.6) is 0 Å². The molecule has 2 N–H and O–H groups in total. The molecule has 2 heterocycles. The zero-order valence-electron chi connectivity index (χ0n) is 14.4. The van der Waals surface area contributed by atoms with Gasteiger partial charge in [-0.2, -0.15) is 0 Å². The molecular weight excluding hydrogens is 348 g/mol. The molecule has 1 aromatic carbocycles. The first-order valence-corrected chi connectivity index (χ1v) is 8.39. The van der Waals surface area contributed by atoms with Gasteiger partial charge in [0.2, 0.25) is 0 Å². The van der Waals surface area contributed by atoms with Crippen LogP contribution in [0.2, 0.25) is 0 Å². The van der Waals surface area contributed by atoms with E-state index in [9.17, 15) is 23.5 Å². The maximum Gasteiger partial charge on any atom is 0.325 e. The zero-order valence-corrected chi connectivity index (χ0v) is 14.4. The number of ether oxygens (including phenoxy) is 1. The number of halogens is 2. The summed E-state index contributed by atoms with van der Waals surface area (Å²) < 4.78 is 32.8. The van der Waals surface area contributed by atoms with Crippen LogP contribution >= 0.6 is 0 Å². The highest BCUT2D eigenvalue weighted by molar-refractivity contribution is 6.07. The van der Waals surface area contributed by atoms with Gasteiger partial charge in [-0.25, -0.2) is 13.6 Å². The summed E-state index contributed by atoms with van der Waals surface area (Å²) in [6.45, 7) is 3.81. The standard InChI is InChI=1S/C17H21F2N3O4/c1-17(13-8-11(18)2-3-14(13)19)15(24)22(16(25)20-17)10-12(23)9-21-4-6-26-7-5-21/h2-3,8,12,23H,4-7,9-10H2,1H3,(H,20,25)/t12-,17+/m1/s1. The summed E-state index contributed by atoms with van der Waals surface area (Å²) in [5.41, 5.74) is -1.97. The topological polar surface area (TPSA) is 82.1 Å². The molecule has 0 bridgehead atoms. The van der Waals surface area contributed by atoms with E-state index >= 15 is 0 Å². The van der Waals surface area contributed by atoms with Crippen LogP contribution in [0.1, 0.15) is 12.5 Å². The number of aliphatic hydroxyl groups is 1. The van der Waals surface area contributed by atoms with Crippen molar-refractivity contribution in [1.29, 1.82) is 0 Å². The Morgan fingerprint density at radius 2 is 1.96 bits per heavy atom. The van der Waals surface area contributed by atoms with Crippen LogP contribution in [0.25, 0.3) is 0 Å². The Kier molecular flexibility index (Phi) is 5.22. The fourth-order valence-electron chi connectivity index (χ4n) is 3.28. The van der Waals surface area contributed by atoms with Crippen molar-refractivity contribution in [3.63, 3.8) is 0 Å². The lowest BCUT2D eigenvalue weighted by Crippen LogP contribution is -2.46. The van der Waals surface area contributed by atoms with Gasteiger partial charge in [0.05, 0.1) is 25.9 Å². The number of morpholine rings is 1. The van der Waals surface area contributed by atoms with Gasteiger partial charge in [-0.3, -0.25) is 14.6 Å². The highest BCUT2D eigenvalue weighted by Crippen LogP contribution is 2.31. The van der Waals surface area contributed by atoms with Gasteiger partial charge in [-0.15, -0.1) is 0 Å². The summed E-state index contributed by atoms with van der Waals surface area (Å²) in [6.07, 6.45) is -0.956. The second-order valence-electron chi connectivity index (χ2n) is 6.66. The Balaban J connectivity index is 1.72. The van der Waals surface area contributed by atoms with Crippen LogP contribution in [0.3, 0.4) is 0 Å². The first-order valence-electron chi connectivity index (χ1n) is 8.39. The molecule has 0 radical (unpaired) electrons. The third kappa shape index (κ3) is 3.55. The molecule has 0 spiro atoms. The predicted octanol–water partition coefficient (Wildman–Crippen LogP) is 0.425. The van der Waals surface area contributed by atoms with E-state index < -0.39 is 35.2 Å². The fraction of sp³-hybridized carbons (Fsp3) is 0.529. The van der Waals surface area contributed by atoms with Crippen molar-refractivity contribution in [3.8, 4) is 0 Å². The Hall–Kier alpha value is -2.10. The van der Waals surface area contributed by atoms with Crippen LogP contribution in [-0.4, -0.2) is 72.3 Å². The van der Waals surface area contributed by atoms with Crippen LogP contribution in [-0.2, 0) is 15.1 Å². The number of β-amino-alcohol motifs (C(OH)–C–C–N with tert-alkyl or cyclic N) is 1. The minimum absolute atomic E-state index is 0.228. The monoisotopic (exact) mass is 369 g/mol. The van der Waals surface area contributed by atoms with Crippen LogP contribution in [0.15, 0.2) is 18.2 Å². The summed E-state index contributed by atoms with van der Waals surface area (Å²) in [5.74, 6) is -2.23. The van der Waals surface area contributed by atoms with E-state index in [1.807, 2.05) is 4.90 Å². The number of benzene rings is 1. The molecule has 1 aromatic rings. The average Bonchev–Trinajstić information content (AvgIpc) is 2.82. The zero-order chi connectivity index (χ0) is 18.9. The van der Waals surface area contributed by atoms with E-state index in [0.29, 0.717) is 26.3 Å². The first kappa shape index (κ1) is 18.7. The van der Waals surface area contributed by atoms with Crippen molar-refractivity contribution in [2.75, 3.05) is 39.4 Å². The van der Waals surface area contributed by atoms with Gasteiger partial charge in [-0.05, 0) is 25.1 Å². The highest BCUT2D eigenvalue weighted by Gasteiger charge is 2.50. The lowest BCUT2D eigenvalue weighted by Gasteiger charge is -2.29. The highest BCUT2D eigenvalue weighted by atomic mass is 19.1. The van der Waals surface area contributed by atoms with E-state index in [4.69, 9.17) is 4.74 Å². The number of hydrogen-bond donors (Lipinski definition) is 2. The van der Waals surface area contributed by atoms with Gasteiger partial charge in [0.25, 0.3) is 5.91 Å². The molecule has 2 aliphatic heterocycles. The molecule has 3 rings (SSSR count). The molecule has 0 saturated carbocycles. The molecule has 2 saturated heterocycles. The van der Waals surface area contributed by atoms with Crippen molar-refractivity contribution in [3.05, 3.63) is 35.4 Å². The number of urea groups is 1. The number of carbonyl (C=O) groups is 2. The van der Waals surface area contributed by atoms with Gasteiger partial charge in [0, 0.05) is 25.2 Å². The minimum atomic E-state index is -1.72. The van der Waals surface area contributed by atoms with Gasteiger partial charge < -0.3 is 15.2 Å². The number of nitrogens with one attached hydrogen (secondary N) is 1. The van der Waals surface area contributed by atoms with Gasteiger partial charge in [-0.1, -0.05) is 0 Å². The minimum Gasteiger partial charge on any atom is -0.390 e. The molecule has 2 aliphatic rings. The lowest BCUT2D eigenvalue weighted by atomic mass is 9.91. The normalized spacial score (nSPS) is 25.5. The molecule has 0 aliphatic carbocycles. The SMILES string of the molecule is C[C@@]1(c2cc(F)ccc2F)NC(=O)N(C[C@H](O)CN2CCOCC2)C1=O. The van der Waals surface area contributed by atoms with Gasteiger partial charge >= 0.3 is 6.03 Å².